The predicted molar refractivity (Wildman–Crippen MR) is 145 cm³/mol. The SMILES string of the molecule is O=C(NCc1ccc(F)cc1)c1csc(CSc2nnc(Cc3ccccc3)n2-c2cccc(C(F)(F)F)c2)n1. The Morgan fingerprint density at radius 1 is 0.950 bits per heavy atom. The maximum atomic E-state index is 13.5. The molecular weight excluding hydrogens is 562 g/mol. The van der Waals surface area contributed by atoms with E-state index in [0.717, 1.165) is 23.3 Å². The number of hydrogen-bond donors (Lipinski definition) is 1. The first-order valence-electron chi connectivity index (χ1n) is 12.0. The van der Waals surface area contributed by atoms with Crippen LogP contribution in [0.3, 0.4) is 0 Å². The van der Waals surface area contributed by atoms with Crippen LogP contribution in [-0.4, -0.2) is 25.7 Å². The van der Waals surface area contributed by atoms with Crippen LogP contribution in [0.15, 0.2) is 89.4 Å². The summed E-state index contributed by atoms with van der Waals surface area (Å²) in [6, 6.07) is 20.3. The summed E-state index contributed by atoms with van der Waals surface area (Å²) in [5.41, 5.74) is 1.47. The number of carbonyl (C=O) groups is 1. The zero-order chi connectivity index (χ0) is 28.1. The van der Waals surface area contributed by atoms with Crippen molar-refractivity contribution < 1.29 is 22.4 Å². The van der Waals surface area contributed by atoms with Gasteiger partial charge in [0, 0.05) is 18.3 Å². The number of thiazole rings is 1. The molecule has 1 N–H and O–H groups in total. The number of nitrogens with zero attached hydrogens (tertiary/aromatic N) is 4. The first-order chi connectivity index (χ1) is 19.3. The van der Waals surface area contributed by atoms with Gasteiger partial charge in [0.2, 0.25) is 0 Å². The standard InChI is InChI=1S/C28H21F4N5OS2/c29-21-11-9-19(10-12-21)15-33-26(38)23-16-39-25(34-23)17-40-27-36-35-24(13-18-5-2-1-3-6-18)37(27)22-8-4-7-20(14-22)28(30,31)32/h1-12,14,16H,13,15,17H2,(H,33,38). The van der Waals surface area contributed by atoms with Crippen molar-refractivity contribution in [1.82, 2.24) is 25.1 Å². The summed E-state index contributed by atoms with van der Waals surface area (Å²) in [6.07, 6.45) is -4.12. The van der Waals surface area contributed by atoms with Crippen LogP contribution in [0.4, 0.5) is 17.6 Å². The normalized spacial score (nSPS) is 11.5. The quantitative estimate of drug-likeness (QED) is 0.155. The second kappa shape index (κ2) is 12.0. The van der Waals surface area contributed by atoms with Gasteiger partial charge in [0.05, 0.1) is 17.0 Å². The maximum absolute atomic E-state index is 13.5. The van der Waals surface area contributed by atoms with Gasteiger partial charge >= 0.3 is 6.18 Å². The van der Waals surface area contributed by atoms with Crippen LogP contribution in [0.2, 0.25) is 0 Å². The number of benzene rings is 3. The third kappa shape index (κ3) is 6.75. The molecule has 3 aromatic carbocycles. The third-order valence-electron chi connectivity index (χ3n) is 5.81. The molecule has 0 bridgehead atoms. The van der Waals surface area contributed by atoms with Crippen molar-refractivity contribution in [2.24, 2.45) is 0 Å². The lowest BCUT2D eigenvalue weighted by Gasteiger charge is -2.13. The highest BCUT2D eigenvalue weighted by Gasteiger charge is 2.31. The number of carbonyl (C=O) groups excluding carboxylic acids is 1. The number of aromatic nitrogens is 4. The van der Waals surface area contributed by atoms with Gasteiger partial charge in [-0.15, -0.1) is 21.5 Å². The molecule has 0 unspecified atom stereocenters. The Labute approximate surface area is 235 Å². The minimum Gasteiger partial charge on any atom is -0.347 e. The van der Waals surface area contributed by atoms with Gasteiger partial charge in [-0.2, -0.15) is 13.2 Å². The van der Waals surface area contributed by atoms with Crippen LogP contribution in [0.5, 0.6) is 0 Å². The largest absolute Gasteiger partial charge is 0.416 e. The second-order valence-electron chi connectivity index (χ2n) is 8.67. The van der Waals surface area contributed by atoms with Crippen molar-refractivity contribution >= 4 is 29.0 Å². The fourth-order valence-corrected chi connectivity index (χ4v) is 5.61. The zero-order valence-corrected chi connectivity index (χ0v) is 22.4. The van der Waals surface area contributed by atoms with Crippen LogP contribution in [0, 0.1) is 5.82 Å². The van der Waals surface area contributed by atoms with Crippen LogP contribution < -0.4 is 5.32 Å². The van der Waals surface area contributed by atoms with Gasteiger partial charge in [0.1, 0.15) is 22.3 Å². The number of halogens is 4. The molecule has 0 saturated heterocycles. The van der Waals surface area contributed by atoms with E-state index in [9.17, 15) is 22.4 Å². The number of thioether (sulfide) groups is 1. The third-order valence-corrected chi connectivity index (χ3v) is 7.78. The van der Waals surface area contributed by atoms with Gasteiger partial charge in [0.15, 0.2) is 5.16 Å². The monoisotopic (exact) mass is 583 g/mol. The highest BCUT2D eigenvalue weighted by atomic mass is 32.2. The number of nitrogens with one attached hydrogen (secondary N) is 1. The van der Waals surface area contributed by atoms with Crippen LogP contribution in [0.25, 0.3) is 5.69 Å². The van der Waals surface area contributed by atoms with Crippen molar-refractivity contribution in [3.8, 4) is 5.69 Å². The maximum Gasteiger partial charge on any atom is 0.416 e. The molecule has 0 atom stereocenters. The van der Waals surface area contributed by atoms with Crippen molar-refractivity contribution in [1.29, 1.82) is 0 Å². The average Bonchev–Trinajstić information content (AvgIpc) is 3.59. The second-order valence-corrected chi connectivity index (χ2v) is 10.6. The number of alkyl halides is 3. The van der Waals surface area contributed by atoms with E-state index in [0.29, 0.717) is 33.8 Å². The Kier molecular flexibility index (Phi) is 8.27. The minimum atomic E-state index is -4.49. The van der Waals surface area contributed by atoms with Gasteiger partial charge in [-0.3, -0.25) is 9.36 Å². The van der Waals surface area contributed by atoms with E-state index < -0.39 is 11.7 Å². The predicted octanol–water partition coefficient (Wildman–Crippen LogP) is 6.69. The molecule has 0 aliphatic rings. The fourth-order valence-electron chi connectivity index (χ4n) is 3.85. The molecule has 5 aromatic rings. The fraction of sp³-hybridized carbons (Fsp3) is 0.143. The van der Waals surface area contributed by atoms with E-state index in [2.05, 4.69) is 20.5 Å². The molecule has 0 fully saturated rings. The molecule has 40 heavy (non-hydrogen) atoms. The average molecular weight is 584 g/mol. The van der Waals surface area contributed by atoms with Gasteiger partial charge in [-0.05, 0) is 41.5 Å². The summed E-state index contributed by atoms with van der Waals surface area (Å²) in [7, 11) is 0. The summed E-state index contributed by atoms with van der Waals surface area (Å²) in [5.74, 6) is 0.105. The smallest absolute Gasteiger partial charge is 0.347 e. The molecule has 0 spiro atoms. The molecule has 0 saturated carbocycles. The van der Waals surface area contributed by atoms with E-state index in [1.807, 2.05) is 30.3 Å². The molecule has 6 nitrogen and oxygen atoms in total. The van der Waals surface area contributed by atoms with E-state index in [1.54, 1.807) is 28.1 Å². The molecule has 204 valence electrons. The molecule has 0 radical (unpaired) electrons. The summed E-state index contributed by atoms with van der Waals surface area (Å²) < 4.78 is 55.1. The van der Waals surface area contributed by atoms with Crippen molar-refractivity contribution in [2.45, 2.75) is 30.1 Å². The zero-order valence-electron chi connectivity index (χ0n) is 20.7. The van der Waals surface area contributed by atoms with E-state index in [1.165, 1.54) is 41.3 Å². The molecule has 12 heteroatoms. The van der Waals surface area contributed by atoms with E-state index >= 15 is 0 Å². The highest BCUT2D eigenvalue weighted by Crippen LogP contribution is 2.33. The van der Waals surface area contributed by atoms with Crippen molar-refractivity contribution in [2.75, 3.05) is 0 Å². The topological polar surface area (TPSA) is 72.7 Å². The van der Waals surface area contributed by atoms with Crippen molar-refractivity contribution in [3.05, 3.63) is 123 Å². The van der Waals surface area contributed by atoms with Crippen LogP contribution in [0.1, 0.15) is 38.0 Å². The highest BCUT2D eigenvalue weighted by molar-refractivity contribution is 7.98. The van der Waals surface area contributed by atoms with Crippen molar-refractivity contribution in [3.63, 3.8) is 0 Å². The van der Waals surface area contributed by atoms with E-state index in [-0.39, 0.29) is 24.0 Å². The Hall–Kier alpha value is -4.03. The van der Waals surface area contributed by atoms with Gasteiger partial charge in [-0.25, -0.2) is 9.37 Å². The number of hydrogen-bond acceptors (Lipinski definition) is 6. The first kappa shape index (κ1) is 27.5. The van der Waals surface area contributed by atoms with Crippen LogP contribution >= 0.6 is 23.1 Å². The Bertz CT molecular complexity index is 1600. The molecule has 1 amide bonds. The molecule has 2 aromatic heterocycles. The summed E-state index contributed by atoms with van der Waals surface area (Å²) in [4.78, 5) is 16.9. The molecule has 0 aliphatic heterocycles. The lowest BCUT2D eigenvalue weighted by molar-refractivity contribution is -0.137. The summed E-state index contributed by atoms with van der Waals surface area (Å²) in [6.45, 7) is 0.227. The Morgan fingerprint density at radius 3 is 2.48 bits per heavy atom. The first-order valence-corrected chi connectivity index (χ1v) is 13.9. The molecule has 5 rings (SSSR count). The lowest BCUT2D eigenvalue weighted by Crippen LogP contribution is -2.23. The molecular formula is C28H21F4N5OS2. The summed E-state index contributed by atoms with van der Waals surface area (Å²) >= 11 is 2.55. The Balaban J connectivity index is 1.33. The van der Waals surface area contributed by atoms with Gasteiger partial charge < -0.3 is 5.32 Å². The number of rotatable bonds is 9. The molecule has 2 heterocycles. The number of amides is 1. The minimum absolute atomic E-state index is 0.227. The van der Waals surface area contributed by atoms with E-state index in [4.69, 9.17) is 0 Å². The van der Waals surface area contributed by atoms with Gasteiger partial charge in [0.25, 0.3) is 5.91 Å². The molecule has 0 aliphatic carbocycles. The lowest BCUT2D eigenvalue weighted by atomic mass is 10.1. The van der Waals surface area contributed by atoms with Gasteiger partial charge in [-0.1, -0.05) is 60.3 Å². The van der Waals surface area contributed by atoms with Crippen LogP contribution in [-0.2, 0) is 24.9 Å². The summed E-state index contributed by atoms with van der Waals surface area (Å²) in [5, 5.41) is 14.0. The Morgan fingerprint density at radius 2 is 1.73 bits per heavy atom.